The molecule has 1 unspecified atom stereocenters. The molecule has 2 heterocycles. The second-order valence-electron chi connectivity index (χ2n) is 6.13. The van der Waals surface area contributed by atoms with Crippen LogP contribution >= 0.6 is 0 Å². The first-order chi connectivity index (χ1) is 13.7. The van der Waals surface area contributed by atoms with Crippen LogP contribution in [0.5, 0.6) is 0 Å². The third kappa shape index (κ3) is 3.27. The van der Waals surface area contributed by atoms with Gasteiger partial charge in [-0.25, -0.2) is 14.8 Å². The van der Waals surface area contributed by atoms with Crippen LogP contribution in [0.25, 0.3) is 22.8 Å². The van der Waals surface area contributed by atoms with Crippen molar-refractivity contribution in [3.05, 3.63) is 66.2 Å². The van der Waals surface area contributed by atoms with Crippen molar-refractivity contribution in [1.82, 2.24) is 20.2 Å². The first kappa shape index (κ1) is 17.6. The van der Waals surface area contributed by atoms with Crippen LogP contribution in [0.4, 0.5) is 5.82 Å². The van der Waals surface area contributed by atoms with E-state index in [2.05, 4.69) is 20.2 Å². The van der Waals surface area contributed by atoms with Crippen LogP contribution in [-0.4, -0.2) is 33.2 Å². The number of ether oxygens (including phenoxy) is 1. The average Bonchev–Trinajstić information content (AvgIpc) is 3.24. The van der Waals surface area contributed by atoms with Crippen LogP contribution in [0.3, 0.4) is 0 Å². The number of aromatic nitrogens is 4. The summed E-state index contributed by atoms with van der Waals surface area (Å²) in [5, 5.41) is 8.20. The number of nitrogens with two attached hydrogens (primary N) is 1. The second-order valence-corrected chi connectivity index (χ2v) is 6.13. The van der Waals surface area contributed by atoms with Gasteiger partial charge >= 0.3 is 5.97 Å². The molecule has 0 amide bonds. The van der Waals surface area contributed by atoms with E-state index >= 15 is 0 Å². The van der Waals surface area contributed by atoms with Crippen molar-refractivity contribution in [2.75, 3.05) is 12.8 Å². The lowest BCUT2D eigenvalue weighted by Crippen LogP contribution is -2.05. The van der Waals surface area contributed by atoms with E-state index in [4.69, 9.17) is 14.9 Å². The summed E-state index contributed by atoms with van der Waals surface area (Å²) in [6.07, 6.45) is 10.2. The van der Waals surface area contributed by atoms with Gasteiger partial charge in [0.1, 0.15) is 0 Å². The molecule has 2 N–H and O–H groups in total. The summed E-state index contributed by atoms with van der Waals surface area (Å²) in [7, 11) is 1.33. The summed E-state index contributed by atoms with van der Waals surface area (Å²) in [6, 6.07) is 6.96. The average molecular weight is 375 g/mol. The SMILES string of the molecule is COC(=O)c1ccccc1-c1cnc(N)c(-c2nnc(C3C=CC=CC3)o2)n1. The van der Waals surface area contributed by atoms with E-state index in [1.54, 1.807) is 24.3 Å². The Morgan fingerprint density at radius 3 is 2.89 bits per heavy atom. The lowest BCUT2D eigenvalue weighted by Gasteiger charge is -2.09. The molecule has 0 bridgehead atoms. The van der Waals surface area contributed by atoms with E-state index in [9.17, 15) is 4.79 Å². The van der Waals surface area contributed by atoms with Gasteiger partial charge in [0.2, 0.25) is 5.89 Å². The molecule has 1 aliphatic carbocycles. The number of benzene rings is 1. The minimum Gasteiger partial charge on any atom is -0.465 e. The molecule has 1 aromatic carbocycles. The number of nitrogens with zero attached hydrogens (tertiary/aromatic N) is 4. The Morgan fingerprint density at radius 1 is 1.25 bits per heavy atom. The molecule has 0 radical (unpaired) electrons. The van der Waals surface area contributed by atoms with Crippen molar-refractivity contribution in [3.63, 3.8) is 0 Å². The van der Waals surface area contributed by atoms with Crippen molar-refractivity contribution < 1.29 is 13.9 Å². The van der Waals surface area contributed by atoms with Crippen LogP contribution in [0.15, 0.2) is 59.2 Å². The lowest BCUT2D eigenvalue weighted by molar-refractivity contribution is 0.0601. The van der Waals surface area contributed by atoms with Crippen LogP contribution in [0, 0.1) is 0 Å². The predicted molar refractivity (Wildman–Crippen MR) is 102 cm³/mol. The molecular formula is C20H17N5O3. The molecule has 0 fully saturated rings. The van der Waals surface area contributed by atoms with Gasteiger partial charge in [-0.15, -0.1) is 10.2 Å². The van der Waals surface area contributed by atoms with Crippen molar-refractivity contribution in [1.29, 1.82) is 0 Å². The summed E-state index contributed by atoms with van der Waals surface area (Å²) in [4.78, 5) is 20.8. The largest absolute Gasteiger partial charge is 0.465 e. The van der Waals surface area contributed by atoms with E-state index in [1.165, 1.54) is 13.3 Å². The number of esters is 1. The fourth-order valence-corrected chi connectivity index (χ4v) is 2.92. The molecule has 3 aromatic rings. The highest BCUT2D eigenvalue weighted by molar-refractivity contribution is 5.96. The van der Waals surface area contributed by atoms with Gasteiger partial charge in [-0.2, -0.15) is 0 Å². The topological polar surface area (TPSA) is 117 Å². The monoisotopic (exact) mass is 375 g/mol. The zero-order valence-electron chi connectivity index (χ0n) is 15.1. The lowest BCUT2D eigenvalue weighted by atomic mass is 10.0. The van der Waals surface area contributed by atoms with Crippen molar-refractivity contribution in [2.45, 2.75) is 12.3 Å². The molecule has 0 spiro atoms. The van der Waals surface area contributed by atoms with Gasteiger partial charge in [-0.3, -0.25) is 0 Å². The van der Waals surface area contributed by atoms with Gasteiger partial charge in [0.05, 0.1) is 30.5 Å². The zero-order valence-corrected chi connectivity index (χ0v) is 15.1. The van der Waals surface area contributed by atoms with Gasteiger partial charge in [-0.1, -0.05) is 42.5 Å². The van der Waals surface area contributed by atoms with Crippen molar-refractivity contribution in [2.24, 2.45) is 0 Å². The highest BCUT2D eigenvalue weighted by Crippen LogP contribution is 2.30. The highest BCUT2D eigenvalue weighted by Gasteiger charge is 2.21. The van der Waals surface area contributed by atoms with E-state index in [0.29, 0.717) is 22.7 Å². The first-order valence-corrected chi connectivity index (χ1v) is 8.64. The molecule has 4 rings (SSSR count). The van der Waals surface area contributed by atoms with Gasteiger partial charge in [0, 0.05) is 5.56 Å². The smallest absolute Gasteiger partial charge is 0.338 e. The van der Waals surface area contributed by atoms with E-state index in [0.717, 1.165) is 6.42 Å². The van der Waals surface area contributed by atoms with Gasteiger partial charge in [0.15, 0.2) is 11.5 Å². The normalized spacial score (nSPS) is 15.5. The number of rotatable bonds is 4. The fraction of sp³-hybridized carbons (Fsp3) is 0.150. The third-order valence-corrected chi connectivity index (χ3v) is 4.35. The second kappa shape index (κ2) is 7.43. The van der Waals surface area contributed by atoms with Crippen LogP contribution in [0.2, 0.25) is 0 Å². The van der Waals surface area contributed by atoms with Crippen molar-refractivity contribution >= 4 is 11.8 Å². The zero-order chi connectivity index (χ0) is 19.5. The minimum atomic E-state index is -0.465. The molecular weight excluding hydrogens is 358 g/mol. The molecule has 8 nitrogen and oxygen atoms in total. The summed E-state index contributed by atoms with van der Waals surface area (Å²) < 4.78 is 10.6. The predicted octanol–water partition coefficient (Wildman–Crippen LogP) is 3.16. The molecule has 28 heavy (non-hydrogen) atoms. The fourth-order valence-electron chi connectivity index (χ4n) is 2.92. The van der Waals surface area contributed by atoms with Crippen LogP contribution < -0.4 is 5.73 Å². The third-order valence-electron chi connectivity index (χ3n) is 4.35. The molecule has 8 heteroatoms. The Labute approximate surface area is 160 Å². The number of hydrogen-bond donors (Lipinski definition) is 1. The highest BCUT2D eigenvalue weighted by atomic mass is 16.5. The maximum Gasteiger partial charge on any atom is 0.338 e. The maximum absolute atomic E-state index is 12.1. The minimum absolute atomic E-state index is 0.0173. The molecule has 1 atom stereocenters. The standard InChI is InChI=1S/C20H17N5O3/c1-27-20(26)14-10-6-5-9-13(14)15-11-22-17(21)16(23-15)19-25-24-18(28-19)12-7-3-2-4-8-12/h2-7,9-12H,8H2,1H3,(H2,21,22). The Kier molecular flexibility index (Phi) is 4.67. The number of allylic oxidation sites excluding steroid dienone is 4. The quantitative estimate of drug-likeness (QED) is 0.691. The summed E-state index contributed by atoms with van der Waals surface area (Å²) in [5.41, 5.74) is 7.66. The molecule has 1 aliphatic rings. The van der Waals surface area contributed by atoms with Gasteiger partial charge < -0.3 is 14.9 Å². The first-order valence-electron chi connectivity index (χ1n) is 8.64. The number of anilines is 1. The number of carbonyl (C=O) groups excluding carboxylic acids is 1. The van der Waals surface area contributed by atoms with E-state index < -0.39 is 5.97 Å². The number of hydrogen-bond acceptors (Lipinski definition) is 8. The summed E-state index contributed by atoms with van der Waals surface area (Å²) in [5.74, 6) is 0.378. The van der Waals surface area contributed by atoms with Crippen LogP contribution in [0.1, 0.15) is 28.6 Å². The number of nitrogen functional groups attached to an aromatic ring is 1. The molecule has 2 aromatic heterocycles. The summed E-state index contributed by atoms with van der Waals surface area (Å²) in [6.45, 7) is 0. The molecule has 0 aliphatic heterocycles. The Bertz CT molecular complexity index is 1090. The number of methoxy groups -OCH3 is 1. The van der Waals surface area contributed by atoms with E-state index in [-0.39, 0.29) is 23.3 Å². The maximum atomic E-state index is 12.1. The van der Waals surface area contributed by atoms with Crippen molar-refractivity contribution in [3.8, 4) is 22.8 Å². The molecule has 140 valence electrons. The summed E-state index contributed by atoms with van der Waals surface area (Å²) >= 11 is 0. The van der Waals surface area contributed by atoms with Crippen LogP contribution in [-0.2, 0) is 4.74 Å². The van der Waals surface area contributed by atoms with Gasteiger partial charge in [-0.05, 0) is 12.5 Å². The van der Waals surface area contributed by atoms with E-state index in [1.807, 2.05) is 24.3 Å². The van der Waals surface area contributed by atoms with Gasteiger partial charge in [0.25, 0.3) is 5.89 Å². The molecule has 0 saturated heterocycles. The Hall–Kier alpha value is -3.81. The Morgan fingerprint density at radius 2 is 2.11 bits per heavy atom. The molecule has 0 saturated carbocycles. The number of carbonyl (C=O) groups is 1. The Balaban J connectivity index is 1.73.